The molecule has 1 atom stereocenters. The van der Waals surface area contributed by atoms with Gasteiger partial charge in [0.05, 0.1) is 4.34 Å². The van der Waals surface area contributed by atoms with Crippen molar-refractivity contribution in [3.8, 4) is 0 Å². The summed E-state index contributed by atoms with van der Waals surface area (Å²) in [7, 11) is 0. The number of halogens is 2. The maximum atomic E-state index is 5.98. The van der Waals surface area contributed by atoms with Gasteiger partial charge >= 0.3 is 0 Å². The van der Waals surface area contributed by atoms with E-state index in [1.807, 2.05) is 6.07 Å². The average Bonchev–Trinajstić information content (AvgIpc) is 2.45. The van der Waals surface area contributed by atoms with Gasteiger partial charge in [-0.3, -0.25) is 0 Å². The molecule has 1 unspecified atom stereocenters. The summed E-state index contributed by atoms with van der Waals surface area (Å²) in [6, 6.07) is 4.05. The number of hydrogen-bond donors (Lipinski definition) is 0. The largest absolute Gasteiger partial charge is 0.128 e. The Morgan fingerprint density at radius 2 is 2.00 bits per heavy atom. The van der Waals surface area contributed by atoms with Gasteiger partial charge in [0.2, 0.25) is 0 Å². The maximum Gasteiger partial charge on any atom is 0.0931 e. The van der Waals surface area contributed by atoms with E-state index < -0.39 is 0 Å². The first-order valence-corrected chi connectivity index (χ1v) is 6.46. The lowest BCUT2D eigenvalue weighted by atomic mass is 9.80. The summed E-state index contributed by atoms with van der Waals surface area (Å²) in [6.07, 6.45) is 1.03. The van der Waals surface area contributed by atoms with Crippen LogP contribution in [0.25, 0.3) is 0 Å². The van der Waals surface area contributed by atoms with Crippen LogP contribution in [-0.4, -0.2) is 5.88 Å². The van der Waals surface area contributed by atoms with Crippen LogP contribution in [-0.2, 0) is 6.42 Å². The van der Waals surface area contributed by atoms with Crippen LogP contribution in [0.4, 0.5) is 0 Å². The Morgan fingerprint density at radius 3 is 2.36 bits per heavy atom. The van der Waals surface area contributed by atoms with Crippen molar-refractivity contribution in [3.05, 3.63) is 21.3 Å². The van der Waals surface area contributed by atoms with Crippen LogP contribution in [0.3, 0.4) is 0 Å². The Labute approximate surface area is 100 Å². The summed E-state index contributed by atoms with van der Waals surface area (Å²) in [4.78, 5) is 1.33. The predicted octanol–water partition coefficient (Wildman–Crippen LogP) is 4.85. The molecule has 0 aliphatic rings. The minimum atomic E-state index is 0.262. The lowest BCUT2D eigenvalue weighted by Crippen LogP contribution is -2.23. The Hall–Kier alpha value is 0.280. The van der Waals surface area contributed by atoms with Crippen molar-refractivity contribution in [2.24, 2.45) is 11.3 Å². The van der Waals surface area contributed by atoms with Crippen LogP contribution >= 0.6 is 34.5 Å². The van der Waals surface area contributed by atoms with Crippen molar-refractivity contribution < 1.29 is 0 Å². The van der Waals surface area contributed by atoms with E-state index >= 15 is 0 Å². The zero-order chi connectivity index (χ0) is 10.8. The Morgan fingerprint density at radius 1 is 1.36 bits per heavy atom. The second kappa shape index (κ2) is 4.87. The van der Waals surface area contributed by atoms with Gasteiger partial charge in [-0.15, -0.1) is 22.9 Å². The highest BCUT2D eigenvalue weighted by atomic mass is 35.5. The molecule has 80 valence electrons. The molecule has 14 heavy (non-hydrogen) atoms. The maximum absolute atomic E-state index is 5.98. The molecule has 0 radical (unpaired) electrons. The number of rotatable bonds is 3. The lowest BCUT2D eigenvalue weighted by molar-refractivity contribution is 0.265. The highest BCUT2D eigenvalue weighted by Crippen LogP contribution is 2.32. The molecule has 0 nitrogen and oxygen atoms in total. The quantitative estimate of drug-likeness (QED) is 0.674. The van der Waals surface area contributed by atoms with Gasteiger partial charge in [0, 0.05) is 10.8 Å². The summed E-state index contributed by atoms with van der Waals surface area (Å²) in [5.74, 6) is 1.22. The molecule has 0 fully saturated rings. The molecular formula is C11H16Cl2S. The zero-order valence-corrected chi connectivity index (χ0v) is 11.1. The van der Waals surface area contributed by atoms with Gasteiger partial charge in [-0.2, -0.15) is 0 Å². The van der Waals surface area contributed by atoms with Crippen LogP contribution in [0.5, 0.6) is 0 Å². The van der Waals surface area contributed by atoms with Gasteiger partial charge in [0.25, 0.3) is 0 Å². The summed E-state index contributed by atoms with van der Waals surface area (Å²) in [6.45, 7) is 6.69. The highest BCUT2D eigenvalue weighted by Gasteiger charge is 2.24. The third kappa shape index (κ3) is 3.45. The molecule has 0 aliphatic carbocycles. The van der Waals surface area contributed by atoms with E-state index in [-0.39, 0.29) is 5.41 Å². The van der Waals surface area contributed by atoms with E-state index in [2.05, 4.69) is 26.8 Å². The third-order valence-electron chi connectivity index (χ3n) is 2.49. The first-order chi connectivity index (χ1) is 6.43. The van der Waals surface area contributed by atoms with Gasteiger partial charge < -0.3 is 0 Å². The van der Waals surface area contributed by atoms with E-state index in [1.54, 1.807) is 11.3 Å². The Kier molecular flexibility index (Phi) is 4.30. The lowest BCUT2D eigenvalue weighted by Gasteiger charge is -2.28. The van der Waals surface area contributed by atoms with Gasteiger partial charge in [-0.25, -0.2) is 0 Å². The van der Waals surface area contributed by atoms with Crippen LogP contribution in [0.2, 0.25) is 4.34 Å². The Balaban J connectivity index is 2.66. The topological polar surface area (TPSA) is 0 Å². The van der Waals surface area contributed by atoms with Crippen LogP contribution in [0.15, 0.2) is 12.1 Å². The monoisotopic (exact) mass is 250 g/mol. The fraction of sp³-hybridized carbons (Fsp3) is 0.636. The van der Waals surface area contributed by atoms with Gasteiger partial charge in [-0.1, -0.05) is 32.4 Å². The zero-order valence-electron chi connectivity index (χ0n) is 8.81. The summed E-state index contributed by atoms with van der Waals surface area (Å²) in [5.41, 5.74) is 0.262. The molecule has 0 bridgehead atoms. The van der Waals surface area contributed by atoms with Gasteiger partial charge in [-0.05, 0) is 29.9 Å². The smallest absolute Gasteiger partial charge is 0.0931 e. The van der Waals surface area contributed by atoms with E-state index in [0.29, 0.717) is 11.8 Å². The molecule has 0 N–H and O–H groups in total. The third-order valence-corrected chi connectivity index (χ3v) is 4.11. The van der Waals surface area contributed by atoms with Crippen molar-refractivity contribution in [2.75, 3.05) is 5.88 Å². The average molecular weight is 251 g/mol. The summed E-state index contributed by atoms with van der Waals surface area (Å²) in [5, 5.41) is 0. The SMILES string of the molecule is CC(C)(C)C(CCl)Cc1ccc(Cl)s1. The van der Waals surface area contributed by atoms with Crippen molar-refractivity contribution in [1.29, 1.82) is 0 Å². The van der Waals surface area contributed by atoms with Crippen molar-refractivity contribution >= 4 is 34.5 Å². The molecule has 0 aliphatic heterocycles. The number of thiophene rings is 1. The minimum absolute atomic E-state index is 0.262. The van der Waals surface area contributed by atoms with Crippen molar-refractivity contribution in [3.63, 3.8) is 0 Å². The van der Waals surface area contributed by atoms with Gasteiger partial charge in [0.15, 0.2) is 0 Å². The van der Waals surface area contributed by atoms with Crippen LogP contribution in [0.1, 0.15) is 25.6 Å². The normalized spacial score (nSPS) is 14.4. The van der Waals surface area contributed by atoms with Crippen molar-refractivity contribution in [1.82, 2.24) is 0 Å². The van der Waals surface area contributed by atoms with Crippen LogP contribution in [0, 0.1) is 11.3 Å². The molecule has 0 amide bonds. The molecular weight excluding hydrogens is 235 g/mol. The van der Waals surface area contributed by atoms with E-state index in [4.69, 9.17) is 23.2 Å². The minimum Gasteiger partial charge on any atom is -0.128 e. The van der Waals surface area contributed by atoms with Crippen LogP contribution < -0.4 is 0 Å². The van der Waals surface area contributed by atoms with Gasteiger partial charge in [0.1, 0.15) is 0 Å². The first-order valence-electron chi connectivity index (χ1n) is 4.73. The second-order valence-electron chi connectivity index (χ2n) is 4.63. The van der Waals surface area contributed by atoms with E-state index in [9.17, 15) is 0 Å². The molecule has 0 saturated carbocycles. The molecule has 1 aromatic heterocycles. The number of hydrogen-bond acceptors (Lipinski definition) is 1. The standard InChI is InChI=1S/C11H16Cl2S/c1-11(2,3)8(7-12)6-9-4-5-10(13)14-9/h4-5,8H,6-7H2,1-3H3. The Bertz CT molecular complexity index is 286. The molecule has 3 heteroatoms. The highest BCUT2D eigenvalue weighted by molar-refractivity contribution is 7.16. The molecule has 1 aromatic rings. The predicted molar refractivity (Wildman–Crippen MR) is 66.7 cm³/mol. The first kappa shape index (κ1) is 12.4. The molecule has 0 aromatic carbocycles. The summed E-state index contributed by atoms with van der Waals surface area (Å²) >= 11 is 13.5. The fourth-order valence-corrected chi connectivity index (χ4v) is 3.04. The van der Waals surface area contributed by atoms with E-state index in [1.165, 1.54) is 4.88 Å². The number of alkyl halides is 1. The summed E-state index contributed by atoms with van der Waals surface area (Å²) < 4.78 is 0.863. The fourth-order valence-electron chi connectivity index (χ4n) is 1.30. The molecule has 1 rings (SSSR count). The molecule has 1 heterocycles. The molecule has 0 saturated heterocycles. The van der Waals surface area contributed by atoms with Crippen molar-refractivity contribution in [2.45, 2.75) is 27.2 Å². The second-order valence-corrected chi connectivity index (χ2v) is 6.74. The van der Waals surface area contributed by atoms with E-state index in [0.717, 1.165) is 10.8 Å². The molecule has 0 spiro atoms.